The lowest BCUT2D eigenvalue weighted by molar-refractivity contribution is 0.129. The molecule has 122 valence electrons. The third-order valence-corrected chi connectivity index (χ3v) is 5.40. The Labute approximate surface area is 136 Å². The maximum Gasteiger partial charge on any atom is 0.315 e. The first-order valence-electron chi connectivity index (χ1n) is 8.51. The summed E-state index contributed by atoms with van der Waals surface area (Å²) in [6.45, 7) is 3.51. The van der Waals surface area contributed by atoms with Crippen molar-refractivity contribution in [2.75, 3.05) is 20.1 Å². The standard InChI is InChI=1S/C18H24N4O/c1-3-19-18(23)21-12-8-14-13-5-4-6-15-17(13)11(9-20-15)7-16(14)22(2)10-12/h4-6,9,12,14,16,20H,3,7-8,10H2,1-2H3,(H2,19,21,23)/t12-,14?,16+/m0/s1. The molecule has 5 heteroatoms. The number of rotatable bonds is 2. The van der Waals surface area contributed by atoms with Gasteiger partial charge in [-0.2, -0.15) is 0 Å². The van der Waals surface area contributed by atoms with Crippen LogP contribution in [0.25, 0.3) is 10.9 Å². The number of aromatic amines is 1. The van der Waals surface area contributed by atoms with Gasteiger partial charge >= 0.3 is 6.03 Å². The molecule has 3 N–H and O–H groups in total. The van der Waals surface area contributed by atoms with Crippen molar-refractivity contribution in [3.8, 4) is 0 Å². The molecule has 2 aromatic rings. The first-order chi connectivity index (χ1) is 11.2. The number of carbonyl (C=O) groups excluding carboxylic acids is 1. The summed E-state index contributed by atoms with van der Waals surface area (Å²) in [5, 5.41) is 7.37. The largest absolute Gasteiger partial charge is 0.361 e. The number of hydrogen-bond acceptors (Lipinski definition) is 2. The molecule has 2 heterocycles. The molecule has 1 unspecified atom stereocenters. The molecule has 5 nitrogen and oxygen atoms in total. The van der Waals surface area contributed by atoms with Crippen molar-refractivity contribution in [1.82, 2.24) is 20.5 Å². The molecule has 0 spiro atoms. The van der Waals surface area contributed by atoms with Crippen molar-refractivity contribution in [3.63, 3.8) is 0 Å². The van der Waals surface area contributed by atoms with Crippen molar-refractivity contribution in [1.29, 1.82) is 0 Å². The lowest BCUT2D eigenvalue weighted by Crippen LogP contribution is -2.56. The Morgan fingerprint density at radius 3 is 3.13 bits per heavy atom. The molecule has 0 radical (unpaired) electrons. The molecule has 0 bridgehead atoms. The number of likely N-dealkylation sites (tertiary alicyclic amines) is 1. The maximum atomic E-state index is 11.9. The lowest BCUT2D eigenvalue weighted by atomic mass is 9.74. The van der Waals surface area contributed by atoms with Gasteiger partial charge in [-0.05, 0) is 44.0 Å². The van der Waals surface area contributed by atoms with E-state index >= 15 is 0 Å². The number of piperidine rings is 1. The minimum atomic E-state index is -0.0549. The van der Waals surface area contributed by atoms with Gasteiger partial charge in [0.25, 0.3) is 0 Å². The van der Waals surface area contributed by atoms with E-state index in [1.54, 1.807) is 0 Å². The number of urea groups is 1. The highest BCUT2D eigenvalue weighted by Gasteiger charge is 2.39. The van der Waals surface area contributed by atoms with Crippen molar-refractivity contribution < 1.29 is 4.79 Å². The monoisotopic (exact) mass is 312 g/mol. The highest BCUT2D eigenvalue weighted by atomic mass is 16.2. The minimum Gasteiger partial charge on any atom is -0.361 e. The van der Waals surface area contributed by atoms with Crippen LogP contribution in [0.2, 0.25) is 0 Å². The first kappa shape index (κ1) is 14.6. The molecule has 2 amide bonds. The van der Waals surface area contributed by atoms with Crippen molar-refractivity contribution in [3.05, 3.63) is 35.5 Å². The molecule has 1 aliphatic carbocycles. The number of benzene rings is 1. The van der Waals surface area contributed by atoms with Crippen molar-refractivity contribution >= 4 is 16.9 Å². The second-order valence-corrected chi connectivity index (χ2v) is 6.84. The number of fused-ring (bicyclic) bond motifs is 2. The molecule has 23 heavy (non-hydrogen) atoms. The van der Waals surface area contributed by atoms with Crippen LogP contribution in [0.5, 0.6) is 0 Å². The Balaban J connectivity index is 1.64. The molecule has 1 fully saturated rings. The van der Waals surface area contributed by atoms with Crippen LogP contribution in [-0.2, 0) is 6.42 Å². The zero-order chi connectivity index (χ0) is 16.0. The average molecular weight is 312 g/mol. The molecule has 1 aliphatic heterocycles. The van der Waals surface area contributed by atoms with Gasteiger partial charge in [-0.25, -0.2) is 4.79 Å². The van der Waals surface area contributed by atoms with Crippen molar-refractivity contribution in [2.45, 2.75) is 37.8 Å². The highest BCUT2D eigenvalue weighted by molar-refractivity contribution is 5.88. The van der Waals surface area contributed by atoms with E-state index in [2.05, 4.69) is 52.0 Å². The van der Waals surface area contributed by atoms with Gasteiger partial charge in [-0.15, -0.1) is 0 Å². The molecular weight excluding hydrogens is 288 g/mol. The molecule has 1 saturated heterocycles. The summed E-state index contributed by atoms with van der Waals surface area (Å²) in [7, 11) is 2.18. The Hall–Kier alpha value is -2.01. The van der Waals surface area contributed by atoms with Gasteiger partial charge < -0.3 is 20.5 Å². The zero-order valence-electron chi connectivity index (χ0n) is 13.7. The highest BCUT2D eigenvalue weighted by Crippen LogP contribution is 2.42. The van der Waals surface area contributed by atoms with Gasteiger partial charge in [0.2, 0.25) is 0 Å². The molecule has 0 saturated carbocycles. The van der Waals surface area contributed by atoms with Crippen LogP contribution in [0.15, 0.2) is 24.4 Å². The third kappa shape index (κ3) is 2.39. The van der Waals surface area contributed by atoms with Crippen LogP contribution in [-0.4, -0.2) is 48.1 Å². The van der Waals surface area contributed by atoms with Crippen LogP contribution in [0.1, 0.15) is 30.4 Å². The predicted molar refractivity (Wildman–Crippen MR) is 91.8 cm³/mol. The van der Waals surface area contributed by atoms with Gasteiger partial charge in [-0.3, -0.25) is 0 Å². The molecule has 2 aliphatic rings. The summed E-state index contributed by atoms with van der Waals surface area (Å²) < 4.78 is 0. The number of amides is 2. The number of likely N-dealkylation sites (N-methyl/N-ethyl adjacent to an activating group) is 1. The molecule has 1 aromatic carbocycles. The number of hydrogen-bond donors (Lipinski definition) is 3. The van der Waals surface area contributed by atoms with Crippen LogP contribution in [0.3, 0.4) is 0 Å². The Kier molecular flexibility index (Phi) is 3.53. The summed E-state index contributed by atoms with van der Waals surface area (Å²) in [6.07, 6.45) is 4.26. The summed E-state index contributed by atoms with van der Waals surface area (Å²) in [6, 6.07) is 7.22. The van der Waals surface area contributed by atoms with E-state index in [1.165, 1.54) is 22.0 Å². The van der Waals surface area contributed by atoms with E-state index in [4.69, 9.17) is 0 Å². The van der Waals surface area contributed by atoms with E-state index in [0.717, 1.165) is 19.4 Å². The normalized spacial score (nSPS) is 26.8. The van der Waals surface area contributed by atoms with Crippen LogP contribution >= 0.6 is 0 Å². The topological polar surface area (TPSA) is 60.2 Å². The molecule has 1 aromatic heterocycles. The van der Waals surface area contributed by atoms with E-state index in [1.807, 2.05) is 6.92 Å². The predicted octanol–water partition coefficient (Wildman–Crippen LogP) is 2.20. The van der Waals surface area contributed by atoms with E-state index in [-0.39, 0.29) is 12.1 Å². The summed E-state index contributed by atoms with van der Waals surface area (Å²) in [5.74, 6) is 0.479. The summed E-state index contributed by atoms with van der Waals surface area (Å²) >= 11 is 0. The fourth-order valence-corrected chi connectivity index (χ4v) is 4.44. The molecular formula is C18H24N4O. The van der Waals surface area contributed by atoms with Crippen LogP contribution < -0.4 is 10.6 Å². The molecule has 3 atom stereocenters. The minimum absolute atomic E-state index is 0.0549. The second kappa shape index (κ2) is 5.57. The van der Waals surface area contributed by atoms with E-state index < -0.39 is 0 Å². The second-order valence-electron chi connectivity index (χ2n) is 6.84. The van der Waals surface area contributed by atoms with Crippen molar-refractivity contribution in [2.24, 2.45) is 0 Å². The average Bonchev–Trinajstić information content (AvgIpc) is 2.93. The summed E-state index contributed by atoms with van der Waals surface area (Å²) in [5.41, 5.74) is 4.10. The smallest absolute Gasteiger partial charge is 0.315 e. The maximum absolute atomic E-state index is 11.9. The number of nitrogens with zero attached hydrogens (tertiary/aromatic N) is 1. The van der Waals surface area contributed by atoms with Gasteiger partial charge in [-0.1, -0.05) is 12.1 Å². The van der Waals surface area contributed by atoms with Gasteiger partial charge in [0.15, 0.2) is 0 Å². The third-order valence-electron chi connectivity index (χ3n) is 5.40. The fourth-order valence-electron chi connectivity index (χ4n) is 4.44. The molecule has 4 rings (SSSR count). The number of nitrogens with one attached hydrogen (secondary N) is 3. The van der Waals surface area contributed by atoms with Gasteiger partial charge in [0.05, 0.1) is 0 Å². The summed E-state index contributed by atoms with van der Waals surface area (Å²) in [4.78, 5) is 17.7. The van der Waals surface area contributed by atoms with E-state index in [0.29, 0.717) is 18.5 Å². The van der Waals surface area contributed by atoms with Crippen LogP contribution in [0, 0.1) is 0 Å². The Morgan fingerprint density at radius 1 is 1.43 bits per heavy atom. The van der Waals surface area contributed by atoms with Gasteiger partial charge in [0.1, 0.15) is 0 Å². The van der Waals surface area contributed by atoms with Gasteiger partial charge in [0, 0.05) is 48.2 Å². The van der Waals surface area contributed by atoms with E-state index in [9.17, 15) is 4.79 Å². The fraction of sp³-hybridized carbons (Fsp3) is 0.500. The Morgan fingerprint density at radius 2 is 2.30 bits per heavy atom. The first-order valence-corrected chi connectivity index (χ1v) is 8.51. The van der Waals surface area contributed by atoms with Crippen LogP contribution in [0.4, 0.5) is 4.79 Å². The number of aromatic nitrogens is 1. The SMILES string of the molecule is CCNC(=O)N[C@H]1CC2c3cccc4[nH]cc(c34)C[C@H]2N(C)C1. The lowest BCUT2D eigenvalue weighted by Gasteiger charge is -2.45. The quantitative estimate of drug-likeness (QED) is 0.796. The number of carbonyl (C=O) groups is 1. The Bertz CT molecular complexity index is 738. The number of H-pyrrole nitrogens is 1. The zero-order valence-corrected chi connectivity index (χ0v) is 13.7.